The second-order valence-corrected chi connectivity index (χ2v) is 10.3. The number of methoxy groups -OCH3 is 1. The highest BCUT2D eigenvalue weighted by Crippen LogP contribution is 2.55. The van der Waals surface area contributed by atoms with Crippen molar-refractivity contribution < 1.29 is 29.4 Å². The van der Waals surface area contributed by atoms with Crippen LogP contribution in [0.1, 0.15) is 59.3 Å². The Labute approximate surface area is 172 Å². The van der Waals surface area contributed by atoms with E-state index in [-0.39, 0.29) is 42.8 Å². The fourth-order valence-electron chi connectivity index (χ4n) is 6.97. The van der Waals surface area contributed by atoms with E-state index in [9.17, 15) is 19.8 Å². The molecule has 29 heavy (non-hydrogen) atoms. The summed E-state index contributed by atoms with van der Waals surface area (Å²) >= 11 is 0. The number of fused-ring (bicyclic) bond motifs is 4. The van der Waals surface area contributed by atoms with Gasteiger partial charge >= 0.3 is 11.9 Å². The third-order valence-corrected chi connectivity index (χ3v) is 7.98. The number of hydrogen-bond donors (Lipinski definition) is 2. The van der Waals surface area contributed by atoms with E-state index in [2.05, 4.69) is 25.7 Å². The zero-order valence-corrected chi connectivity index (χ0v) is 17.9. The highest BCUT2D eigenvalue weighted by Gasteiger charge is 2.66. The van der Waals surface area contributed by atoms with Crippen molar-refractivity contribution in [3.05, 3.63) is 0 Å². The molecule has 0 radical (unpaired) electrons. The molecule has 0 aliphatic carbocycles. The van der Waals surface area contributed by atoms with Crippen LogP contribution in [0.15, 0.2) is 0 Å². The molecule has 0 aromatic heterocycles. The van der Waals surface area contributed by atoms with Gasteiger partial charge in [-0.15, -0.1) is 5.06 Å². The molecule has 0 aromatic carbocycles. The number of nitrogens with zero attached hydrogens (tertiary/aromatic N) is 2. The minimum atomic E-state index is -0.902. The summed E-state index contributed by atoms with van der Waals surface area (Å²) in [5.41, 5.74) is -1.66. The average molecular weight is 411 g/mol. The van der Waals surface area contributed by atoms with Crippen molar-refractivity contribution in [1.82, 2.24) is 9.96 Å². The second-order valence-electron chi connectivity index (χ2n) is 10.3. The number of hydroxylamine groups is 2. The van der Waals surface area contributed by atoms with Crippen LogP contribution in [-0.4, -0.2) is 81.1 Å². The number of rotatable bonds is 5. The molecule has 4 bridgehead atoms. The molecule has 164 valence electrons. The zero-order valence-electron chi connectivity index (χ0n) is 17.9. The summed E-state index contributed by atoms with van der Waals surface area (Å²) in [7, 11) is 1.34. The molecule has 8 heteroatoms. The monoisotopic (exact) mass is 410 g/mol. The molecule has 6 atom stereocenters. The Balaban J connectivity index is 1.57. The summed E-state index contributed by atoms with van der Waals surface area (Å²) < 4.78 is 4.94. The largest absolute Gasteiger partial charge is 0.469 e. The van der Waals surface area contributed by atoms with Crippen LogP contribution in [0.4, 0.5) is 0 Å². The van der Waals surface area contributed by atoms with Gasteiger partial charge in [-0.25, -0.2) is 4.79 Å². The van der Waals surface area contributed by atoms with Crippen molar-refractivity contribution in [2.45, 2.75) is 88.0 Å². The van der Waals surface area contributed by atoms with Gasteiger partial charge < -0.3 is 19.8 Å². The molecule has 4 fully saturated rings. The molecule has 0 amide bonds. The highest BCUT2D eigenvalue weighted by atomic mass is 16.7. The average Bonchev–Trinajstić information content (AvgIpc) is 3.41. The number of aliphatic hydroxyl groups is 2. The highest BCUT2D eigenvalue weighted by molar-refractivity contribution is 5.77. The summed E-state index contributed by atoms with van der Waals surface area (Å²) in [6, 6.07) is 0.169. The Kier molecular flexibility index (Phi) is 5.01. The van der Waals surface area contributed by atoms with Crippen LogP contribution in [0.3, 0.4) is 0 Å². The Morgan fingerprint density at radius 2 is 1.52 bits per heavy atom. The summed E-state index contributed by atoms with van der Waals surface area (Å²) in [5.74, 6) is -1.64. The Bertz CT molecular complexity index is 693. The molecule has 0 unspecified atom stereocenters. The van der Waals surface area contributed by atoms with Crippen LogP contribution in [-0.2, 0) is 19.2 Å². The molecule has 0 spiro atoms. The SMILES string of the molecule is COC(=O)[C@H]1C[C@H]2CC[C@@]1(CO)N2OC(=O)[C@H]1C[C@H]2CC[C@@]1(CO)N2C(C)(C)C. The van der Waals surface area contributed by atoms with E-state index < -0.39 is 22.9 Å². The minimum Gasteiger partial charge on any atom is -0.469 e. The number of carbonyl (C=O) groups excluding carboxylic acids is 2. The van der Waals surface area contributed by atoms with Gasteiger partial charge in [0.1, 0.15) is 0 Å². The van der Waals surface area contributed by atoms with Gasteiger partial charge in [-0.3, -0.25) is 9.69 Å². The standard InChI is InChI=1S/C21H34N2O6/c1-19(2,3)22-13-5-7-20(22,11-24)16(9-13)18(27)29-23-14-6-8-21(23,12-25)15(10-14)17(26)28-4/h13-16,24-25H,5-12H2,1-4H3/t13-,14-,15-,16-,20+,21+/m1/s1. The van der Waals surface area contributed by atoms with E-state index in [1.165, 1.54) is 7.11 Å². The van der Waals surface area contributed by atoms with E-state index in [1.807, 2.05) is 0 Å². The predicted molar refractivity (Wildman–Crippen MR) is 103 cm³/mol. The first kappa shape index (κ1) is 21.0. The van der Waals surface area contributed by atoms with Gasteiger partial charge in [0, 0.05) is 17.6 Å². The van der Waals surface area contributed by atoms with Crippen LogP contribution in [0, 0.1) is 11.8 Å². The molecular formula is C21H34N2O6. The molecule has 8 nitrogen and oxygen atoms in total. The predicted octanol–water partition coefficient (Wildman–Crippen LogP) is 0.847. The second kappa shape index (κ2) is 6.90. The lowest BCUT2D eigenvalue weighted by Crippen LogP contribution is -2.58. The van der Waals surface area contributed by atoms with Crippen LogP contribution >= 0.6 is 0 Å². The zero-order chi connectivity index (χ0) is 21.2. The molecule has 4 saturated heterocycles. The van der Waals surface area contributed by atoms with Crippen LogP contribution in [0.5, 0.6) is 0 Å². The maximum atomic E-state index is 13.4. The Morgan fingerprint density at radius 3 is 2.10 bits per heavy atom. The fourth-order valence-corrected chi connectivity index (χ4v) is 6.97. The van der Waals surface area contributed by atoms with Crippen LogP contribution in [0.25, 0.3) is 0 Å². The van der Waals surface area contributed by atoms with E-state index in [0.29, 0.717) is 19.3 Å². The van der Waals surface area contributed by atoms with Gasteiger partial charge in [0.15, 0.2) is 0 Å². The normalized spacial score (nSPS) is 41.9. The third kappa shape index (κ3) is 2.79. The van der Waals surface area contributed by atoms with E-state index >= 15 is 0 Å². The van der Waals surface area contributed by atoms with Crippen molar-refractivity contribution in [2.75, 3.05) is 20.3 Å². The summed E-state index contributed by atoms with van der Waals surface area (Å²) in [4.78, 5) is 33.9. The minimum absolute atomic E-state index is 0.0834. The number of ether oxygens (including phenoxy) is 1. The van der Waals surface area contributed by atoms with E-state index in [0.717, 1.165) is 19.3 Å². The first-order chi connectivity index (χ1) is 13.6. The van der Waals surface area contributed by atoms with Crippen molar-refractivity contribution in [2.24, 2.45) is 11.8 Å². The van der Waals surface area contributed by atoms with E-state index in [4.69, 9.17) is 9.57 Å². The molecule has 0 aromatic rings. The van der Waals surface area contributed by atoms with Crippen molar-refractivity contribution in [3.63, 3.8) is 0 Å². The maximum absolute atomic E-state index is 13.4. The topological polar surface area (TPSA) is 99.5 Å². The number of carbonyl (C=O) groups is 2. The van der Waals surface area contributed by atoms with Gasteiger partial charge in [0.05, 0.1) is 43.2 Å². The smallest absolute Gasteiger partial charge is 0.330 e. The van der Waals surface area contributed by atoms with Gasteiger partial charge in [-0.2, -0.15) is 0 Å². The summed E-state index contributed by atoms with van der Waals surface area (Å²) in [6.45, 7) is 6.01. The van der Waals surface area contributed by atoms with Gasteiger partial charge in [-0.1, -0.05) is 0 Å². The molecular weight excluding hydrogens is 376 g/mol. The van der Waals surface area contributed by atoms with Crippen molar-refractivity contribution >= 4 is 11.9 Å². The number of aliphatic hydroxyl groups excluding tert-OH is 2. The number of esters is 1. The molecule has 4 aliphatic heterocycles. The summed E-state index contributed by atoms with van der Waals surface area (Å²) in [5, 5.41) is 22.1. The molecule has 2 N–H and O–H groups in total. The Morgan fingerprint density at radius 1 is 0.966 bits per heavy atom. The van der Waals surface area contributed by atoms with Gasteiger partial charge in [0.2, 0.25) is 0 Å². The lowest BCUT2D eigenvalue weighted by Gasteiger charge is -2.45. The fraction of sp³-hybridized carbons (Fsp3) is 0.905. The van der Waals surface area contributed by atoms with E-state index in [1.54, 1.807) is 5.06 Å². The molecule has 4 rings (SSSR count). The molecule has 4 aliphatic rings. The molecule has 4 heterocycles. The number of hydrogen-bond acceptors (Lipinski definition) is 8. The van der Waals surface area contributed by atoms with Crippen LogP contribution in [0.2, 0.25) is 0 Å². The first-order valence-electron chi connectivity index (χ1n) is 10.7. The molecule has 0 saturated carbocycles. The lowest BCUT2D eigenvalue weighted by molar-refractivity contribution is -0.228. The first-order valence-corrected chi connectivity index (χ1v) is 10.7. The van der Waals surface area contributed by atoms with Crippen molar-refractivity contribution in [3.8, 4) is 0 Å². The van der Waals surface area contributed by atoms with Crippen molar-refractivity contribution in [1.29, 1.82) is 0 Å². The Hall–Kier alpha value is -1.22. The summed E-state index contributed by atoms with van der Waals surface area (Å²) in [6.07, 6.45) is 4.29. The van der Waals surface area contributed by atoms with Gasteiger partial charge in [0.25, 0.3) is 0 Å². The third-order valence-electron chi connectivity index (χ3n) is 7.98. The lowest BCUT2D eigenvalue weighted by atomic mass is 9.77. The van der Waals surface area contributed by atoms with Crippen LogP contribution < -0.4 is 0 Å². The van der Waals surface area contributed by atoms with Gasteiger partial charge in [-0.05, 0) is 59.3 Å². The quantitative estimate of drug-likeness (QED) is 0.644. The maximum Gasteiger partial charge on any atom is 0.330 e.